The van der Waals surface area contributed by atoms with Gasteiger partial charge in [-0.25, -0.2) is 9.59 Å². The maximum atomic E-state index is 12.2. The fraction of sp³-hybridized carbons (Fsp3) is 0.382. The molecule has 4 rings (SSSR count). The summed E-state index contributed by atoms with van der Waals surface area (Å²) in [4.78, 5) is 60.1. The largest absolute Gasteiger partial charge is 0.506 e. The lowest BCUT2D eigenvalue weighted by Gasteiger charge is -2.18. The highest BCUT2D eigenvalue weighted by Gasteiger charge is 2.19. The summed E-state index contributed by atoms with van der Waals surface area (Å²) < 4.78 is 20.3. The number of phenolic OH excluding ortho intramolecular Hbond substituents is 2. The second kappa shape index (κ2) is 15.8. The Morgan fingerprint density at radius 1 is 0.787 bits per heavy atom. The molecule has 0 radical (unpaired) electrons. The van der Waals surface area contributed by atoms with Gasteiger partial charge in [-0.15, -0.1) is 0 Å². The van der Waals surface area contributed by atoms with Gasteiger partial charge in [0, 0.05) is 67.9 Å². The second-order valence-electron chi connectivity index (χ2n) is 10.6. The van der Waals surface area contributed by atoms with E-state index in [4.69, 9.17) is 18.3 Å². The van der Waals surface area contributed by atoms with Crippen molar-refractivity contribution in [3.05, 3.63) is 67.4 Å². The molecule has 0 aliphatic rings. The number of anilines is 2. The van der Waals surface area contributed by atoms with Crippen LogP contribution in [0.1, 0.15) is 55.9 Å². The van der Waals surface area contributed by atoms with E-state index in [1.54, 1.807) is 53.9 Å². The number of esters is 2. The van der Waals surface area contributed by atoms with E-state index in [1.807, 2.05) is 0 Å². The van der Waals surface area contributed by atoms with Crippen LogP contribution in [0.25, 0.3) is 21.9 Å². The van der Waals surface area contributed by atoms with Crippen LogP contribution >= 0.6 is 0 Å². The van der Waals surface area contributed by atoms with Crippen LogP contribution in [-0.4, -0.2) is 55.4 Å². The number of hydrogen-bond acceptors (Lipinski definition) is 12. The zero-order valence-electron chi connectivity index (χ0n) is 27.6. The quantitative estimate of drug-likeness (QED) is 0.123. The molecule has 0 fully saturated rings. The van der Waals surface area contributed by atoms with Crippen LogP contribution in [0.3, 0.4) is 0 Å². The minimum atomic E-state index is -0.554. The summed E-state index contributed by atoms with van der Waals surface area (Å²) >= 11 is 0. The smallest absolute Gasteiger partial charge is 0.339 e. The van der Waals surface area contributed by atoms with Crippen molar-refractivity contribution in [2.24, 2.45) is 0 Å². The molecule has 13 nitrogen and oxygen atoms in total. The van der Waals surface area contributed by atoms with Crippen molar-refractivity contribution in [2.45, 2.75) is 60.3 Å². The topological polar surface area (TPSA) is 186 Å². The molecule has 0 aliphatic heterocycles. The van der Waals surface area contributed by atoms with E-state index in [2.05, 4.69) is 5.32 Å². The predicted octanol–water partition coefficient (Wildman–Crippen LogP) is 4.63. The molecule has 252 valence electrons. The highest BCUT2D eigenvalue weighted by molar-refractivity contribution is 5.97. The van der Waals surface area contributed by atoms with Gasteiger partial charge in [0.15, 0.2) is 0 Å². The van der Waals surface area contributed by atoms with Crippen LogP contribution in [-0.2, 0) is 36.7 Å². The molecule has 47 heavy (non-hydrogen) atoms. The summed E-state index contributed by atoms with van der Waals surface area (Å²) in [7, 11) is 3.23. The first kappa shape index (κ1) is 36.1. The highest BCUT2D eigenvalue weighted by atomic mass is 16.5. The second-order valence-corrected chi connectivity index (χ2v) is 10.6. The Labute approximate surface area is 270 Å². The van der Waals surface area contributed by atoms with Crippen molar-refractivity contribution in [1.29, 1.82) is 0 Å². The van der Waals surface area contributed by atoms with Crippen LogP contribution < -0.4 is 21.5 Å². The highest BCUT2D eigenvalue weighted by Crippen LogP contribution is 2.34. The Kier molecular flexibility index (Phi) is 12.1. The number of fused-ring (bicyclic) bond motifs is 2. The van der Waals surface area contributed by atoms with Crippen molar-refractivity contribution in [2.75, 3.05) is 37.5 Å². The summed E-state index contributed by atoms with van der Waals surface area (Å²) in [6.45, 7) is 8.97. The minimum absolute atomic E-state index is 0.0109. The number of aromatic hydroxyl groups is 2. The number of benzene rings is 2. The predicted molar refractivity (Wildman–Crippen MR) is 176 cm³/mol. The van der Waals surface area contributed by atoms with E-state index in [0.29, 0.717) is 45.6 Å². The van der Waals surface area contributed by atoms with Gasteiger partial charge in [0.05, 0.1) is 24.6 Å². The summed E-state index contributed by atoms with van der Waals surface area (Å²) in [5.74, 6) is -1.12. The molecule has 13 heteroatoms. The number of nitrogens with zero attached hydrogens (tertiary/aromatic N) is 1. The molecular formula is C34H40N2O11. The number of amides is 1. The molecule has 0 unspecified atom stereocenters. The summed E-state index contributed by atoms with van der Waals surface area (Å²) in [5, 5.41) is 24.1. The van der Waals surface area contributed by atoms with Gasteiger partial charge < -0.3 is 38.7 Å². The Morgan fingerprint density at radius 2 is 1.23 bits per heavy atom. The number of nitrogens with one attached hydrogen (secondary N) is 1. The molecule has 2 aromatic heterocycles. The van der Waals surface area contributed by atoms with Crippen molar-refractivity contribution in [3.8, 4) is 11.5 Å². The zero-order valence-corrected chi connectivity index (χ0v) is 27.6. The van der Waals surface area contributed by atoms with E-state index in [9.17, 15) is 34.2 Å². The first-order valence-electron chi connectivity index (χ1n) is 15.1. The molecule has 0 saturated heterocycles. The first-order valence-corrected chi connectivity index (χ1v) is 15.1. The van der Waals surface area contributed by atoms with Gasteiger partial charge in [-0.3, -0.25) is 14.4 Å². The molecule has 0 aliphatic carbocycles. The van der Waals surface area contributed by atoms with E-state index in [-0.39, 0.29) is 67.2 Å². The molecule has 0 atom stereocenters. The van der Waals surface area contributed by atoms with Gasteiger partial charge in [-0.1, -0.05) is 0 Å². The summed E-state index contributed by atoms with van der Waals surface area (Å²) in [6.07, 6.45) is 0.658. The van der Waals surface area contributed by atoms with Gasteiger partial charge in [0.25, 0.3) is 0 Å². The van der Waals surface area contributed by atoms with Crippen LogP contribution in [0.5, 0.6) is 11.5 Å². The number of ether oxygens (including phenoxy) is 2. The SMILES string of the molecule is CCOC(=O)CCc1c(C)c2cc(N(C)C(C)=O)c(O)cc2oc1=O.CCOC(=O)CCc1c(C)c2cc(NC)c(O)cc2oc1=O. The minimum Gasteiger partial charge on any atom is -0.506 e. The molecule has 2 heterocycles. The Morgan fingerprint density at radius 3 is 1.66 bits per heavy atom. The molecule has 4 aromatic rings. The van der Waals surface area contributed by atoms with Crippen LogP contribution in [0.4, 0.5) is 11.4 Å². The van der Waals surface area contributed by atoms with Crippen molar-refractivity contribution < 1.29 is 42.9 Å². The number of phenols is 2. The average molecular weight is 653 g/mol. The van der Waals surface area contributed by atoms with Gasteiger partial charge >= 0.3 is 23.2 Å². The van der Waals surface area contributed by atoms with Crippen molar-refractivity contribution >= 4 is 51.2 Å². The first-order chi connectivity index (χ1) is 22.2. The number of carbonyl (C=O) groups is 3. The number of aryl methyl sites for hydroxylation is 2. The summed E-state index contributed by atoms with van der Waals surface area (Å²) in [6, 6.07) is 6.04. The third kappa shape index (κ3) is 8.48. The van der Waals surface area contributed by atoms with E-state index < -0.39 is 11.3 Å². The fourth-order valence-corrected chi connectivity index (χ4v) is 4.97. The van der Waals surface area contributed by atoms with Crippen LogP contribution in [0.2, 0.25) is 0 Å². The molecule has 1 amide bonds. The average Bonchev–Trinajstić information content (AvgIpc) is 3.00. The lowest BCUT2D eigenvalue weighted by Crippen LogP contribution is -2.23. The lowest BCUT2D eigenvalue weighted by atomic mass is 10.0. The van der Waals surface area contributed by atoms with Gasteiger partial charge in [0.2, 0.25) is 5.91 Å². The third-order valence-electron chi connectivity index (χ3n) is 7.66. The van der Waals surface area contributed by atoms with Gasteiger partial charge in [-0.05, 0) is 63.8 Å². The van der Waals surface area contributed by atoms with Gasteiger partial charge in [0.1, 0.15) is 22.7 Å². The van der Waals surface area contributed by atoms with E-state index in [1.165, 1.54) is 24.0 Å². The maximum Gasteiger partial charge on any atom is 0.339 e. The zero-order chi connectivity index (χ0) is 35.0. The fourth-order valence-electron chi connectivity index (χ4n) is 4.97. The van der Waals surface area contributed by atoms with E-state index in [0.717, 1.165) is 10.9 Å². The Balaban J connectivity index is 0.000000257. The standard InChI is InChI=1S/C18H21NO6.C16H19NO5/c1-5-24-17(22)7-6-12-10(2)13-8-14(19(4)11(3)20)15(21)9-16(13)25-18(12)23;1-4-21-15(19)6-5-10-9(2)11-7-12(17-3)13(18)8-14(11)22-16(10)20/h8-9,21H,5-7H2,1-4H3;7-8,17-18H,4-6H2,1-3H3. The monoisotopic (exact) mass is 652 g/mol. The lowest BCUT2D eigenvalue weighted by molar-refractivity contribution is -0.144. The molecule has 0 bridgehead atoms. The third-order valence-corrected chi connectivity index (χ3v) is 7.66. The summed E-state index contributed by atoms with van der Waals surface area (Å²) in [5.41, 5.74) is 2.57. The maximum absolute atomic E-state index is 12.2. The van der Waals surface area contributed by atoms with Gasteiger partial charge in [-0.2, -0.15) is 0 Å². The number of hydrogen-bond donors (Lipinski definition) is 3. The molecule has 3 N–H and O–H groups in total. The van der Waals surface area contributed by atoms with Crippen molar-refractivity contribution in [3.63, 3.8) is 0 Å². The molecule has 0 spiro atoms. The normalized spacial score (nSPS) is 10.7. The number of rotatable bonds is 10. The Hall–Kier alpha value is -5.33. The van der Waals surface area contributed by atoms with Crippen LogP contribution in [0.15, 0.2) is 42.7 Å². The number of carbonyl (C=O) groups excluding carboxylic acids is 3. The van der Waals surface area contributed by atoms with Crippen molar-refractivity contribution in [1.82, 2.24) is 0 Å². The molecular weight excluding hydrogens is 612 g/mol. The van der Waals surface area contributed by atoms with E-state index >= 15 is 0 Å². The molecule has 2 aromatic carbocycles. The van der Waals surface area contributed by atoms with Crippen LogP contribution in [0, 0.1) is 13.8 Å². The Bertz CT molecular complexity index is 1920. The molecule has 0 saturated carbocycles.